The summed E-state index contributed by atoms with van der Waals surface area (Å²) in [5.74, 6) is -1.01. The van der Waals surface area contributed by atoms with Gasteiger partial charge in [-0.25, -0.2) is 8.42 Å². The molecule has 1 aromatic rings. The zero-order valence-corrected chi connectivity index (χ0v) is 13.2. The van der Waals surface area contributed by atoms with Crippen LogP contribution in [-0.4, -0.2) is 36.4 Å². The quantitative estimate of drug-likeness (QED) is 0.849. The molecule has 0 saturated heterocycles. The summed E-state index contributed by atoms with van der Waals surface area (Å²) in [6, 6.07) is 2.60. The monoisotopic (exact) mass is 355 g/mol. The molecule has 0 aromatic carbocycles. The number of nitrogens with zero attached hydrogens (tertiary/aromatic N) is 1. The van der Waals surface area contributed by atoms with Crippen molar-refractivity contribution in [2.75, 3.05) is 6.54 Å². The Balaban J connectivity index is 3.04. The Morgan fingerprint density at radius 3 is 2.56 bits per heavy atom. The number of hydrogen-bond donors (Lipinski definition) is 1. The van der Waals surface area contributed by atoms with Crippen LogP contribution in [0, 0.1) is 0 Å². The summed E-state index contributed by atoms with van der Waals surface area (Å²) in [5, 5.41) is 8.74. The van der Waals surface area contributed by atoms with E-state index >= 15 is 0 Å². The summed E-state index contributed by atoms with van der Waals surface area (Å²) in [6.45, 7) is 3.53. The Kier molecular flexibility index (Phi) is 5.32. The second kappa shape index (κ2) is 6.14. The normalized spacial score (nSPS) is 13.8. The van der Waals surface area contributed by atoms with Gasteiger partial charge in [-0.05, 0) is 35.0 Å². The van der Waals surface area contributed by atoms with Gasteiger partial charge in [-0.1, -0.05) is 6.92 Å². The summed E-state index contributed by atoms with van der Waals surface area (Å²) < 4.78 is 26.8. The molecule has 0 aliphatic carbocycles. The molecule has 1 rings (SSSR count). The molecule has 1 N–H and O–H groups in total. The summed E-state index contributed by atoms with van der Waals surface area (Å²) >= 11 is 4.33. The van der Waals surface area contributed by atoms with Gasteiger partial charge in [-0.2, -0.15) is 4.31 Å². The molecule has 18 heavy (non-hydrogen) atoms. The molecule has 0 saturated carbocycles. The van der Waals surface area contributed by atoms with E-state index in [2.05, 4.69) is 15.9 Å². The minimum Gasteiger partial charge on any atom is -0.481 e. The van der Waals surface area contributed by atoms with Gasteiger partial charge in [0.2, 0.25) is 0 Å². The van der Waals surface area contributed by atoms with Crippen molar-refractivity contribution in [2.45, 2.75) is 30.5 Å². The minimum absolute atomic E-state index is 0.209. The molecule has 1 heterocycles. The van der Waals surface area contributed by atoms with Gasteiger partial charge in [-0.3, -0.25) is 4.79 Å². The summed E-state index contributed by atoms with van der Waals surface area (Å²) in [5.41, 5.74) is 0. The third-order valence-electron chi connectivity index (χ3n) is 2.38. The van der Waals surface area contributed by atoms with E-state index in [0.717, 1.165) is 15.1 Å². The van der Waals surface area contributed by atoms with Crippen LogP contribution < -0.4 is 0 Å². The average molecular weight is 356 g/mol. The van der Waals surface area contributed by atoms with Crippen molar-refractivity contribution in [3.8, 4) is 0 Å². The molecule has 8 heteroatoms. The van der Waals surface area contributed by atoms with Crippen molar-refractivity contribution in [1.29, 1.82) is 0 Å². The maximum absolute atomic E-state index is 12.3. The molecule has 0 spiro atoms. The number of thiophene rings is 1. The second-order valence-electron chi connectivity index (χ2n) is 3.71. The molecule has 0 aliphatic heterocycles. The van der Waals surface area contributed by atoms with Gasteiger partial charge in [-0.15, -0.1) is 11.3 Å². The molecule has 1 aromatic heterocycles. The molecule has 102 valence electrons. The topological polar surface area (TPSA) is 74.7 Å². The molecule has 1 atom stereocenters. The highest BCUT2D eigenvalue weighted by atomic mass is 79.9. The van der Waals surface area contributed by atoms with E-state index in [9.17, 15) is 13.2 Å². The van der Waals surface area contributed by atoms with Crippen LogP contribution in [0.1, 0.15) is 20.3 Å². The Hall–Kier alpha value is -0.440. The molecular formula is C10H14BrNO4S2. The summed E-state index contributed by atoms with van der Waals surface area (Å²) in [7, 11) is -3.62. The van der Waals surface area contributed by atoms with Gasteiger partial charge >= 0.3 is 5.97 Å². The molecule has 5 nitrogen and oxygen atoms in total. The largest absolute Gasteiger partial charge is 0.481 e. The summed E-state index contributed by atoms with van der Waals surface area (Å²) in [4.78, 5) is 10.7. The molecule has 1 unspecified atom stereocenters. The smallest absolute Gasteiger partial charge is 0.304 e. The van der Waals surface area contributed by atoms with Crippen LogP contribution in [0.3, 0.4) is 0 Å². The minimum atomic E-state index is -3.62. The summed E-state index contributed by atoms with van der Waals surface area (Å²) in [6.07, 6.45) is -0.209. The van der Waals surface area contributed by atoms with Gasteiger partial charge in [0.05, 0.1) is 10.2 Å². The van der Waals surface area contributed by atoms with E-state index in [-0.39, 0.29) is 17.2 Å². The molecule has 0 aliphatic rings. The van der Waals surface area contributed by atoms with Crippen LogP contribution in [0.25, 0.3) is 0 Å². The molecular weight excluding hydrogens is 342 g/mol. The van der Waals surface area contributed by atoms with Crippen molar-refractivity contribution in [3.05, 3.63) is 15.9 Å². The van der Waals surface area contributed by atoms with E-state index in [1.54, 1.807) is 19.9 Å². The highest BCUT2D eigenvalue weighted by molar-refractivity contribution is 9.11. The number of aliphatic carboxylic acids is 1. The third-order valence-corrected chi connectivity index (χ3v) is 6.57. The Labute approximate surface area is 119 Å². The van der Waals surface area contributed by atoms with Crippen molar-refractivity contribution in [1.82, 2.24) is 4.31 Å². The maximum Gasteiger partial charge on any atom is 0.304 e. The molecule has 0 fully saturated rings. The van der Waals surface area contributed by atoms with Crippen LogP contribution in [-0.2, 0) is 14.8 Å². The van der Waals surface area contributed by atoms with E-state index in [4.69, 9.17) is 5.11 Å². The lowest BCUT2D eigenvalue weighted by Gasteiger charge is -2.25. The fourth-order valence-electron chi connectivity index (χ4n) is 1.62. The number of carboxylic acids is 1. The molecule has 0 radical (unpaired) electrons. The van der Waals surface area contributed by atoms with Crippen LogP contribution in [0.4, 0.5) is 0 Å². The lowest BCUT2D eigenvalue weighted by atomic mass is 10.2. The number of rotatable bonds is 6. The number of hydrogen-bond acceptors (Lipinski definition) is 4. The number of carboxylic acid groups (broad SMARTS) is 1. The molecule has 0 bridgehead atoms. The Morgan fingerprint density at radius 2 is 2.17 bits per heavy atom. The average Bonchev–Trinajstić information content (AvgIpc) is 2.64. The van der Waals surface area contributed by atoms with Crippen molar-refractivity contribution in [3.63, 3.8) is 0 Å². The van der Waals surface area contributed by atoms with Gasteiger partial charge in [0.1, 0.15) is 4.21 Å². The molecule has 0 amide bonds. The zero-order valence-electron chi connectivity index (χ0n) is 9.96. The van der Waals surface area contributed by atoms with Crippen LogP contribution >= 0.6 is 27.3 Å². The first-order chi connectivity index (χ1) is 8.28. The number of sulfonamides is 1. The van der Waals surface area contributed by atoms with E-state index in [0.29, 0.717) is 0 Å². The van der Waals surface area contributed by atoms with Crippen molar-refractivity contribution in [2.24, 2.45) is 0 Å². The predicted molar refractivity (Wildman–Crippen MR) is 73.3 cm³/mol. The van der Waals surface area contributed by atoms with Crippen molar-refractivity contribution < 1.29 is 18.3 Å². The van der Waals surface area contributed by atoms with Crippen molar-refractivity contribution >= 4 is 43.3 Å². The van der Waals surface area contributed by atoms with Gasteiger partial charge in [0.15, 0.2) is 0 Å². The number of carbonyl (C=O) groups is 1. The highest BCUT2D eigenvalue weighted by Crippen LogP contribution is 2.29. The van der Waals surface area contributed by atoms with E-state index in [1.807, 2.05) is 0 Å². The van der Waals surface area contributed by atoms with Crippen LogP contribution in [0.2, 0.25) is 0 Å². The SMILES string of the molecule is CCN(C(C)CC(=O)O)S(=O)(=O)c1ccc(Br)s1. The fourth-order valence-corrected chi connectivity index (χ4v) is 5.40. The lowest BCUT2D eigenvalue weighted by molar-refractivity contribution is -0.137. The second-order valence-corrected chi connectivity index (χ2v) is 8.29. The predicted octanol–water partition coefficient (Wildman–Crippen LogP) is 2.38. The standard InChI is InChI=1S/C10H14BrNO4S2/c1-3-12(7(2)6-9(13)14)18(15,16)10-5-4-8(11)17-10/h4-5,7H,3,6H2,1-2H3,(H,13,14). The zero-order chi connectivity index (χ0) is 13.9. The van der Waals surface area contributed by atoms with Crippen LogP contribution in [0.5, 0.6) is 0 Å². The first-order valence-electron chi connectivity index (χ1n) is 5.28. The first kappa shape index (κ1) is 15.6. The van der Waals surface area contributed by atoms with Gasteiger partial charge in [0, 0.05) is 12.6 Å². The van der Waals surface area contributed by atoms with Crippen LogP contribution in [0.15, 0.2) is 20.1 Å². The first-order valence-corrected chi connectivity index (χ1v) is 8.33. The van der Waals surface area contributed by atoms with Gasteiger partial charge in [0.25, 0.3) is 10.0 Å². The highest BCUT2D eigenvalue weighted by Gasteiger charge is 2.30. The van der Waals surface area contributed by atoms with E-state index in [1.165, 1.54) is 10.4 Å². The Morgan fingerprint density at radius 1 is 1.56 bits per heavy atom. The fraction of sp³-hybridized carbons (Fsp3) is 0.500. The lowest BCUT2D eigenvalue weighted by Crippen LogP contribution is -2.39. The number of halogens is 1. The Bertz CT molecular complexity index is 526. The van der Waals surface area contributed by atoms with Gasteiger partial charge < -0.3 is 5.11 Å². The van der Waals surface area contributed by atoms with E-state index < -0.39 is 22.0 Å². The third kappa shape index (κ3) is 3.53. The maximum atomic E-state index is 12.3.